The highest BCUT2D eigenvalue weighted by Crippen LogP contribution is 2.48. The van der Waals surface area contributed by atoms with Crippen LogP contribution in [0.5, 0.6) is 11.5 Å². The summed E-state index contributed by atoms with van der Waals surface area (Å²) in [6.45, 7) is 9.35. The zero-order valence-corrected chi connectivity index (χ0v) is 17.3. The summed E-state index contributed by atoms with van der Waals surface area (Å²) in [5.41, 5.74) is 1.39. The van der Waals surface area contributed by atoms with Crippen LogP contribution in [0, 0.1) is 5.92 Å². The third-order valence-corrected chi connectivity index (χ3v) is 7.57. The minimum absolute atomic E-state index is 0.341. The molecular formula is C23H30N4O2. The standard InChI is InChI=1S/C23H30N4O2/c1-15(2)27-10-7-24-21(27)13-26-12-18(17-3-4-19-20(11-17)29-14-28-19)23-22(26)16-5-8-25(23)9-6-16/h3-4,7,10-11,15-16,18,22-23H,5-6,8-9,12-14H2,1-2H3/t18-,22+,23+/m1/s1. The first kappa shape index (κ1) is 17.8. The van der Waals surface area contributed by atoms with Crippen LogP contribution in [-0.4, -0.2) is 57.9 Å². The van der Waals surface area contributed by atoms with Gasteiger partial charge in [-0.15, -0.1) is 0 Å². The summed E-state index contributed by atoms with van der Waals surface area (Å²) in [5.74, 6) is 4.31. The summed E-state index contributed by atoms with van der Waals surface area (Å²) in [6.07, 6.45) is 6.75. The van der Waals surface area contributed by atoms with Crippen LogP contribution in [0.15, 0.2) is 30.6 Å². The Bertz CT molecular complexity index is 902. The Morgan fingerprint density at radius 3 is 2.76 bits per heavy atom. The topological polar surface area (TPSA) is 42.8 Å². The molecule has 0 aliphatic carbocycles. The van der Waals surface area contributed by atoms with E-state index < -0.39 is 0 Å². The van der Waals surface area contributed by atoms with E-state index in [1.807, 2.05) is 6.20 Å². The van der Waals surface area contributed by atoms with Gasteiger partial charge >= 0.3 is 0 Å². The van der Waals surface area contributed by atoms with Crippen molar-refractivity contribution in [3.8, 4) is 11.5 Å². The number of ether oxygens (including phenoxy) is 2. The van der Waals surface area contributed by atoms with E-state index in [4.69, 9.17) is 14.5 Å². The lowest BCUT2D eigenvalue weighted by atomic mass is 9.75. The number of fused-ring (bicyclic) bond motifs is 3. The third-order valence-electron chi connectivity index (χ3n) is 7.57. The van der Waals surface area contributed by atoms with Gasteiger partial charge in [0.2, 0.25) is 6.79 Å². The lowest BCUT2D eigenvalue weighted by Gasteiger charge is -2.51. The number of hydrogen-bond donors (Lipinski definition) is 0. The SMILES string of the molecule is CC(C)n1ccnc1CN1C[C@H](c2ccc3c(c2)OCO3)[C@H]2[C@@H]1C1CCN2CC1. The van der Waals surface area contributed by atoms with Crippen LogP contribution in [0.3, 0.4) is 0 Å². The maximum atomic E-state index is 5.69. The Morgan fingerprint density at radius 2 is 1.93 bits per heavy atom. The van der Waals surface area contributed by atoms with Gasteiger partial charge in [0.25, 0.3) is 0 Å². The molecule has 1 aromatic carbocycles. The molecule has 3 atom stereocenters. The molecule has 0 amide bonds. The molecule has 0 radical (unpaired) electrons. The number of likely N-dealkylation sites (tertiary alicyclic amines) is 1. The number of imidazole rings is 1. The van der Waals surface area contributed by atoms with Crippen molar-refractivity contribution in [2.75, 3.05) is 26.4 Å². The number of nitrogens with zero attached hydrogens (tertiary/aromatic N) is 4. The smallest absolute Gasteiger partial charge is 0.231 e. The van der Waals surface area contributed by atoms with E-state index in [1.54, 1.807) is 0 Å². The van der Waals surface area contributed by atoms with E-state index in [0.29, 0.717) is 30.8 Å². The largest absolute Gasteiger partial charge is 0.454 e. The Hall–Kier alpha value is -2.05. The van der Waals surface area contributed by atoms with Gasteiger partial charge in [-0.3, -0.25) is 9.80 Å². The average molecular weight is 395 g/mol. The molecule has 0 unspecified atom stereocenters. The highest BCUT2D eigenvalue weighted by atomic mass is 16.7. The van der Waals surface area contributed by atoms with E-state index >= 15 is 0 Å². The fraction of sp³-hybridized carbons (Fsp3) is 0.609. The zero-order chi connectivity index (χ0) is 19.5. The van der Waals surface area contributed by atoms with Gasteiger partial charge < -0.3 is 14.0 Å². The predicted molar refractivity (Wildman–Crippen MR) is 110 cm³/mol. The van der Waals surface area contributed by atoms with Gasteiger partial charge in [0.15, 0.2) is 11.5 Å². The van der Waals surface area contributed by atoms with E-state index in [0.717, 1.165) is 30.5 Å². The molecular weight excluding hydrogens is 364 g/mol. The summed E-state index contributed by atoms with van der Waals surface area (Å²) in [5, 5.41) is 0. The fourth-order valence-corrected chi connectivity index (χ4v) is 6.28. The second-order valence-electron chi connectivity index (χ2n) is 9.35. The average Bonchev–Trinajstić information content (AvgIpc) is 3.47. The number of hydrogen-bond acceptors (Lipinski definition) is 5. The molecule has 0 N–H and O–H groups in total. The number of rotatable bonds is 4. The molecule has 1 aromatic heterocycles. The molecule has 6 nitrogen and oxygen atoms in total. The first-order valence-electron chi connectivity index (χ1n) is 11.1. The van der Waals surface area contributed by atoms with Gasteiger partial charge in [-0.1, -0.05) is 6.07 Å². The van der Waals surface area contributed by atoms with Crippen molar-refractivity contribution in [3.63, 3.8) is 0 Å². The molecule has 0 spiro atoms. The van der Waals surface area contributed by atoms with Crippen LogP contribution >= 0.6 is 0 Å². The normalized spacial score (nSPS) is 32.9. The Morgan fingerprint density at radius 1 is 1.10 bits per heavy atom. The lowest BCUT2D eigenvalue weighted by Crippen LogP contribution is -2.60. The van der Waals surface area contributed by atoms with Gasteiger partial charge in [-0.25, -0.2) is 4.98 Å². The minimum Gasteiger partial charge on any atom is -0.454 e. The summed E-state index contributed by atoms with van der Waals surface area (Å²) < 4.78 is 13.6. The lowest BCUT2D eigenvalue weighted by molar-refractivity contribution is -0.00959. The summed E-state index contributed by atoms with van der Waals surface area (Å²) in [6, 6.07) is 8.26. The van der Waals surface area contributed by atoms with Crippen molar-refractivity contribution in [2.24, 2.45) is 5.92 Å². The molecule has 5 aliphatic heterocycles. The summed E-state index contributed by atoms with van der Waals surface area (Å²) >= 11 is 0. The van der Waals surface area contributed by atoms with E-state index in [9.17, 15) is 0 Å². The van der Waals surface area contributed by atoms with E-state index in [2.05, 4.69) is 52.6 Å². The predicted octanol–water partition coefficient (Wildman–Crippen LogP) is 3.25. The maximum Gasteiger partial charge on any atom is 0.231 e. The Labute approximate surface area is 172 Å². The molecule has 2 bridgehead atoms. The van der Waals surface area contributed by atoms with Gasteiger partial charge in [-0.2, -0.15) is 0 Å². The van der Waals surface area contributed by atoms with Gasteiger partial charge in [0, 0.05) is 43.0 Å². The fourth-order valence-electron chi connectivity index (χ4n) is 6.28. The Balaban J connectivity index is 1.34. The van der Waals surface area contributed by atoms with E-state index in [1.165, 1.54) is 37.3 Å². The second-order valence-corrected chi connectivity index (χ2v) is 9.35. The number of benzene rings is 1. The Kier molecular flexibility index (Phi) is 4.13. The molecule has 2 aromatic rings. The molecule has 154 valence electrons. The van der Waals surface area contributed by atoms with Crippen molar-refractivity contribution in [1.29, 1.82) is 0 Å². The maximum absolute atomic E-state index is 5.69. The van der Waals surface area contributed by atoms with E-state index in [-0.39, 0.29) is 0 Å². The summed E-state index contributed by atoms with van der Waals surface area (Å²) in [7, 11) is 0. The van der Waals surface area contributed by atoms with Crippen molar-refractivity contribution >= 4 is 0 Å². The number of piperidine rings is 3. The van der Waals surface area contributed by atoms with Crippen molar-refractivity contribution in [2.45, 2.75) is 57.3 Å². The molecule has 5 aliphatic rings. The first-order valence-corrected chi connectivity index (χ1v) is 11.1. The highest BCUT2D eigenvalue weighted by molar-refractivity contribution is 5.46. The van der Waals surface area contributed by atoms with Crippen molar-refractivity contribution in [1.82, 2.24) is 19.4 Å². The zero-order valence-electron chi connectivity index (χ0n) is 17.3. The van der Waals surface area contributed by atoms with Gasteiger partial charge in [0.1, 0.15) is 5.82 Å². The molecule has 0 saturated carbocycles. The van der Waals surface area contributed by atoms with Crippen LogP contribution in [0.2, 0.25) is 0 Å². The van der Waals surface area contributed by atoms with Crippen LogP contribution in [0.4, 0.5) is 0 Å². The van der Waals surface area contributed by atoms with Crippen molar-refractivity contribution < 1.29 is 9.47 Å². The van der Waals surface area contributed by atoms with Crippen LogP contribution < -0.4 is 9.47 Å². The molecule has 6 heterocycles. The molecule has 4 fully saturated rings. The molecule has 6 heteroatoms. The van der Waals surface area contributed by atoms with Gasteiger partial charge in [0.05, 0.1) is 6.54 Å². The molecule has 29 heavy (non-hydrogen) atoms. The van der Waals surface area contributed by atoms with Crippen LogP contribution in [-0.2, 0) is 6.54 Å². The number of aromatic nitrogens is 2. The van der Waals surface area contributed by atoms with Crippen molar-refractivity contribution in [3.05, 3.63) is 42.0 Å². The highest BCUT2D eigenvalue weighted by Gasteiger charge is 2.53. The van der Waals surface area contributed by atoms with Crippen LogP contribution in [0.1, 0.15) is 50.0 Å². The first-order chi connectivity index (χ1) is 14.2. The third kappa shape index (κ3) is 2.80. The second kappa shape index (κ2) is 6.74. The quantitative estimate of drug-likeness (QED) is 0.796. The molecule has 4 saturated heterocycles. The monoisotopic (exact) mass is 394 g/mol. The van der Waals surface area contributed by atoms with Crippen LogP contribution in [0.25, 0.3) is 0 Å². The minimum atomic E-state index is 0.341. The molecule has 7 rings (SSSR count). The van der Waals surface area contributed by atoms with Gasteiger partial charge in [-0.05, 0) is 63.4 Å². The summed E-state index contributed by atoms with van der Waals surface area (Å²) in [4.78, 5) is 10.2.